The zero-order valence-corrected chi connectivity index (χ0v) is 19.1. The quantitative estimate of drug-likeness (QED) is 0.278. The SMILES string of the molecule is CCc1nnc(N/N=C/c2cc(Cl)c(OCc3ccccc3F)c(OC)c2)n1N.Cl.Cl. The predicted octanol–water partition coefficient (Wildman–Crippen LogP) is 4.22. The van der Waals surface area contributed by atoms with E-state index >= 15 is 0 Å². The molecule has 31 heavy (non-hydrogen) atoms. The lowest BCUT2D eigenvalue weighted by Gasteiger charge is -2.13. The summed E-state index contributed by atoms with van der Waals surface area (Å²) in [5.74, 6) is 7.14. The molecule has 0 aliphatic carbocycles. The van der Waals surface area contributed by atoms with Crippen LogP contribution in [0.15, 0.2) is 41.5 Å². The molecule has 0 fully saturated rings. The fourth-order valence-electron chi connectivity index (χ4n) is 2.53. The van der Waals surface area contributed by atoms with E-state index in [4.69, 9.17) is 26.9 Å². The van der Waals surface area contributed by atoms with Gasteiger partial charge in [-0.05, 0) is 23.8 Å². The summed E-state index contributed by atoms with van der Waals surface area (Å²) >= 11 is 6.34. The highest BCUT2D eigenvalue weighted by Gasteiger charge is 2.13. The summed E-state index contributed by atoms with van der Waals surface area (Å²) in [5.41, 5.74) is 3.78. The van der Waals surface area contributed by atoms with E-state index in [1.807, 2.05) is 6.92 Å². The van der Waals surface area contributed by atoms with Crippen molar-refractivity contribution < 1.29 is 13.9 Å². The van der Waals surface area contributed by atoms with E-state index in [9.17, 15) is 4.39 Å². The molecule has 0 bridgehead atoms. The molecule has 0 amide bonds. The van der Waals surface area contributed by atoms with Gasteiger partial charge in [0.1, 0.15) is 12.4 Å². The maximum atomic E-state index is 13.8. The number of hydrogen-bond donors (Lipinski definition) is 2. The van der Waals surface area contributed by atoms with Crippen LogP contribution in [0.3, 0.4) is 0 Å². The molecule has 3 rings (SSSR count). The highest BCUT2D eigenvalue weighted by atomic mass is 35.5. The summed E-state index contributed by atoms with van der Waals surface area (Å²) < 4.78 is 26.2. The molecule has 168 valence electrons. The van der Waals surface area contributed by atoms with Gasteiger partial charge in [-0.3, -0.25) is 0 Å². The van der Waals surface area contributed by atoms with Crippen LogP contribution in [0.1, 0.15) is 23.9 Å². The zero-order valence-electron chi connectivity index (χ0n) is 16.7. The van der Waals surface area contributed by atoms with Gasteiger partial charge in [0.15, 0.2) is 17.3 Å². The highest BCUT2D eigenvalue weighted by Crippen LogP contribution is 2.36. The van der Waals surface area contributed by atoms with Crippen molar-refractivity contribution in [1.82, 2.24) is 14.9 Å². The Morgan fingerprint density at radius 1 is 1.26 bits per heavy atom. The van der Waals surface area contributed by atoms with Gasteiger partial charge in [-0.15, -0.1) is 35.0 Å². The molecular weight excluding hydrogens is 470 g/mol. The van der Waals surface area contributed by atoms with E-state index in [1.54, 1.807) is 30.3 Å². The summed E-state index contributed by atoms with van der Waals surface area (Å²) in [6, 6.07) is 9.71. The van der Waals surface area contributed by atoms with E-state index < -0.39 is 0 Å². The molecule has 1 aromatic heterocycles. The summed E-state index contributed by atoms with van der Waals surface area (Å²) in [5, 5.41) is 12.2. The fraction of sp³-hybridized carbons (Fsp3) is 0.211. The third-order valence-electron chi connectivity index (χ3n) is 4.04. The standard InChI is InChI=1S/C19H20ClFN6O2.2ClH/c1-3-17-24-26-19(27(17)22)25-23-10-12-8-14(20)18(16(9-12)28-2)29-11-13-6-4-5-7-15(13)21;;/h4-10H,3,11,22H2,1-2H3,(H,25,26);2*1H/b23-10+;;. The Labute approximate surface area is 196 Å². The third kappa shape index (κ3) is 6.36. The molecule has 12 heteroatoms. The van der Waals surface area contributed by atoms with E-state index in [-0.39, 0.29) is 37.2 Å². The number of rotatable bonds is 8. The molecule has 0 saturated heterocycles. The average Bonchev–Trinajstić information content (AvgIpc) is 3.07. The Hall–Kier alpha value is -2.75. The van der Waals surface area contributed by atoms with Gasteiger partial charge in [0.2, 0.25) is 0 Å². The molecule has 0 aliphatic heterocycles. The Kier molecular flexibility index (Phi) is 10.3. The monoisotopic (exact) mass is 490 g/mol. The number of aromatic nitrogens is 3. The first-order valence-electron chi connectivity index (χ1n) is 8.75. The maximum Gasteiger partial charge on any atom is 0.263 e. The van der Waals surface area contributed by atoms with Crippen molar-refractivity contribution >= 4 is 48.6 Å². The number of nitrogens with zero attached hydrogens (tertiary/aromatic N) is 4. The molecule has 3 aromatic rings. The minimum Gasteiger partial charge on any atom is -0.493 e. The van der Waals surface area contributed by atoms with Gasteiger partial charge >= 0.3 is 0 Å². The smallest absolute Gasteiger partial charge is 0.263 e. The second kappa shape index (κ2) is 12.2. The van der Waals surface area contributed by atoms with Gasteiger partial charge in [0, 0.05) is 12.0 Å². The number of hydrogen-bond acceptors (Lipinski definition) is 7. The minimum atomic E-state index is -0.351. The Morgan fingerprint density at radius 3 is 2.65 bits per heavy atom. The van der Waals surface area contributed by atoms with Crippen LogP contribution < -0.4 is 20.7 Å². The lowest BCUT2D eigenvalue weighted by Crippen LogP contribution is -2.14. The topological polar surface area (TPSA) is 99.6 Å². The number of aryl methyl sites for hydroxylation is 1. The summed E-state index contributed by atoms with van der Waals surface area (Å²) in [7, 11) is 1.49. The second-order valence-electron chi connectivity index (χ2n) is 5.95. The van der Waals surface area contributed by atoms with E-state index in [0.29, 0.717) is 45.8 Å². The molecule has 8 nitrogen and oxygen atoms in total. The lowest BCUT2D eigenvalue weighted by molar-refractivity contribution is 0.280. The minimum absolute atomic E-state index is 0. The largest absolute Gasteiger partial charge is 0.493 e. The third-order valence-corrected chi connectivity index (χ3v) is 4.32. The van der Waals surface area contributed by atoms with Crippen molar-refractivity contribution in [2.75, 3.05) is 18.4 Å². The fourth-order valence-corrected chi connectivity index (χ4v) is 2.80. The van der Waals surface area contributed by atoms with Crippen molar-refractivity contribution in [3.8, 4) is 11.5 Å². The van der Waals surface area contributed by atoms with Crippen LogP contribution in [0.5, 0.6) is 11.5 Å². The molecule has 0 atom stereocenters. The van der Waals surface area contributed by atoms with Crippen molar-refractivity contribution in [2.24, 2.45) is 5.10 Å². The van der Waals surface area contributed by atoms with E-state index in [2.05, 4.69) is 20.7 Å². The number of methoxy groups -OCH3 is 1. The Balaban J connectivity index is 0.00000240. The normalized spacial score (nSPS) is 10.3. The molecular formula is C19H22Cl3FN6O2. The van der Waals surface area contributed by atoms with Crippen molar-refractivity contribution in [3.63, 3.8) is 0 Å². The number of ether oxygens (including phenoxy) is 2. The van der Waals surface area contributed by atoms with Crippen molar-refractivity contribution in [2.45, 2.75) is 20.0 Å². The predicted molar refractivity (Wildman–Crippen MR) is 124 cm³/mol. The number of nitrogen functional groups attached to an aromatic ring is 1. The summed E-state index contributed by atoms with van der Waals surface area (Å²) in [4.78, 5) is 0. The van der Waals surface area contributed by atoms with Gasteiger partial charge in [-0.2, -0.15) is 5.10 Å². The molecule has 0 unspecified atom stereocenters. The van der Waals surface area contributed by atoms with Crippen LogP contribution in [-0.4, -0.2) is 28.2 Å². The molecule has 0 saturated carbocycles. The van der Waals surface area contributed by atoms with Crippen LogP contribution in [-0.2, 0) is 13.0 Å². The number of nitrogens with one attached hydrogen (secondary N) is 1. The number of halogens is 4. The molecule has 0 aliphatic rings. The number of benzene rings is 2. The number of nitrogens with two attached hydrogens (primary N) is 1. The maximum absolute atomic E-state index is 13.8. The van der Waals surface area contributed by atoms with Crippen LogP contribution in [0.4, 0.5) is 10.3 Å². The first-order chi connectivity index (χ1) is 14.0. The molecule has 0 radical (unpaired) electrons. The van der Waals surface area contributed by atoms with Crippen molar-refractivity contribution in [1.29, 1.82) is 0 Å². The molecule has 0 spiro atoms. The Morgan fingerprint density at radius 2 is 2.00 bits per heavy atom. The Bertz CT molecular complexity index is 1030. The van der Waals surface area contributed by atoms with Gasteiger partial charge < -0.3 is 15.3 Å². The number of hydrazone groups is 1. The van der Waals surface area contributed by atoms with Crippen LogP contribution >= 0.6 is 36.4 Å². The second-order valence-corrected chi connectivity index (χ2v) is 6.35. The van der Waals surface area contributed by atoms with Gasteiger partial charge in [0.05, 0.1) is 18.3 Å². The van der Waals surface area contributed by atoms with Crippen molar-refractivity contribution in [3.05, 3.63) is 64.2 Å². The van der Waals surface area contributed by atoms with Gasteiger partial charge in [-0.25, -0.2) is 14.5 Å². The highest BCUT2D eigenvalue weighted by molar-refractivity contribution is 6.32. The van der Waals surface area contributed by atoms with Crippen LogP contribution in [0.25, 0.3) is 0 Å². The molecule has 3 N–H and O–H groups in total. The molecule has 2 aromatic carbocycles. The first-order valence-corrected chi connectivity index (χ1v) is 9.13. The average molecular weight is 492 g/mol. The first kappa shape index (κ1) is 26.3. The van der Waals surface area contributed by atoms with Crippen LogP contribution in [0, 0.1) is 5.82 Å². The summed E-state index contributed by atoms with van der Waals surface area (Å²) in [6.45, 7) is 1.94. The number of anilines is 1. The van der Waals surface area contributed by atoms with Gasteiger partial charge in [0.25, 0.3) is 5.95 Å². The van der Waals surface area contributed by atoms with Crippen LogP contribution in [0.2, 0.25) is 5.02 Å². The molecule has 1 heterocycles. The summed E-state index contributed by atoms with van der Waals surface area (Å²) in [6.07, 6.45) is 2.17. The lowest BCUT2D eigenvalue weighted by atomic mass is 10.2. The van der Waals surface area contributed by atoms with E-state index in [0.717, 1.165) is 0 Å². The zero-order chi connectivity index (χ0) is 20.8. The van der Waals surface area contributed by atoms with Gasteiger partial charge in [-0.1, -0.05) is 36.7 Å². The van der Waals surface area contributed by atoms with E-state index in [1.165, 1.54) is 24.1 Å².